The van der Waals surface area contributed by atoms with Crippen molar-refractivity contribution in [3.8, 4) is 17.2 Å². The molecule has 1 aliphatic heterocycles. The van der Waals surface area contributed by atoms with E-state index >= 15 is 0 Å². The van der Waals surface area contributed by atoms with Crippen molar-refractivity contribution in [3.05, 3.63) is 123 Å². The van der Waals surface area contributed by atoms with Gasteiger partial charge < -0.3 is 14.2 Å². The van der Waals surface area contributed by atoms with Crippen LogP contribution in [0.5, 0.6) is 17.2 Å². The largest absolute Gasteiger partial charge is 0.497 e. The van der Waals surface area contributed by atoms with Crippen LogP contribution in [0, 0.1) is 6.92 Å². The van der Waals surface area contributed by atoms with Crippen LogP contribution >= 0.6 is 15.9 Å². The Bertz CT molecular complexity index is 1650. The predicted molar refractivity (Wildman–Crippen MR) is 162 cm³/mol. The molecule has 0 aliphatic carbocycles. The average Bonchev–Trinajstić information content (AvgIpc) is 2.99. The number of imide groups is 2. The third-order valence-corrected chi connectivity index (χ3v) is 7.08. The third-order valence-electron chi connectivity index (χ3n) is 6.55. The number of halogens is 1. The van der Waals surface area contributed by atoms with Crippen LogP contribution in [0.1, 0.15) is 22.3 Å². The van der Waals surface area contributed by atoms with Crippen molar-refractivity contribution in [2.24, 2.45) is 0 Å². The second kappa shape index (κ2) is 12.7. The van der Waals surface area contributed by atoms with Crippen molar-refractivity contribution in [1.82, 2.24) is 5.32 Å². The monoisotopic (exact) mass is 626 g/mol. The molecule has 42 heavy (non-hydrogen) atoms. The molecule has 4 aromatic rings. The smallest absolute Gasteiger partial charge is 0.335 e. The lowest BCUT2D eigenvalue weighted by molar-refractivity contribution is -0.122. The fraction of sp³-hybridized carbons (Fsp3) is 0.121. The van der Waals surface area contributed by atoms with Gasteiger partial charge in [0.15, 0.2) is 0 Å². The number of ether oxygens (including phenoxy) is 3. The number of amides is 4. The Morgan fingerprint density at radius 2 is 1.40 bits per heavy atom. The molecule has 0 radical (unpaired) electrons. The minimum absolute atomic E-state index is 0.215. The Kier molecular flexibility index (Phi) is 8.68. The summed E-state index contributed by atoms with van der Waals surface area (Å²) < 4.78 is 18.2. The number of rotatable bonds is 9. The van der Waals surface area contributed by atoms with Gasteiger partial charge in [0.25, 0.3) is 11.8 Å². The molecule has 0 unspecified atom stereocenters. The minimum Gasteiger partial charge on any atom is -0.497 e. The maximum atomic E-state index is 13.5. The van der Waals surface area contributed by atoms with E-state index in [-0.39, 0.29) is 12.2 Å². The topological polar surface area (TPSA) is 94.2 Å². The van der Waals surface area contributed by atoms with Gasteiger partial charge in [-0.25, -0.2) is 9.69 Å². The number of methoxy groups -OCH3 is 1. The van der Waals surface area contributed by atoms with Crippen LogP contribution in [0.4, 0.5) is 10.5 Å². The zero-order chi connectivity index (χ0) is 29.6. The van der Waals surface area contributed by atoms with E-state index in [2.05, 4.69) is 21.2 Å². The van der Waals surface area contributed by atoms with Gasteiger partial charge in [-0.15, -0.1) is 0 Å². The Labute approximate surface area is 251 Å². The summed E-state index contributed by atoms with van der Waals surface area (Å²) in [6.07, 6.45) is 1.41. The van der Waals surface area contributed by atoms with Gasteiger partial charge >= 0.3 is 6.03 Å². The van der Waals surface area contributed by atoms with Crippen LogP contribution in [0.15, 0.2) is 101 Å². The number of urea groups is 1. The van der Waals surface area contributed by atoms with Crippen LogP contribution in [0.2, 0.25) is 0 Å². The number of barbiturate groups is 1. The van der Waals surface area contributed by atoms with Crippen LogP contribution in [-0.2, 0) is 22.8 Å². The van der Waals surface area contributed by atoms with Gasteiger partial charge in [0.05, 0.1) is 12.8 Å². The molecule has 1 fully saturated rings. The molecule has 1 N–H and O–H groups in total. The summed E-state index contributed by atoms with van der Waals surface area (Å²) >= 11 is 3.42. The Balaban J connectivity index is 1.36. The summed E-state index contributed by atoms with van der Waals surface area (Å²) in [4.78, 5) is 40.0. The van der Waals surface area contributed by atoms with Crippen molar-refractivity contribution in [3.63, 3.8) is 0 Å². The summed E-state index contributed by atoms with van der Waals surface area (Å²) in [5.74, 6) is -0.0321. The first-order chi connectivity index (χ1) is 20.3. The highest BCUT2D eigenvalue weighted by molar-refractivity contribution is 9.10. The normalized spacial score (nSPS) is 14.1. The molecule has 0 bridgehead atoms. The number of aryl methyl sites for hydroxylation is 1. The number of carbonyl (C=O) groups excluding carboxylic acids is 3. The number of benzene rings is 4. The second-order valence-electron chi connectivity index (χ2n) is 9.54. The maximum absolute atomic E-state index is 13.5. The van der Waals surface area contributed by atoms with Crippen molar-refractivity contribution in [1.29, 1.82) is 0 Å². The van der Waals surface area contributed by atoms with Gasteiger partial charge in [0.1, 0.15) is 36.0 Å². The fourth-order valence-corrected chi connectivity index (χ4v) is 4.48. The quantitative estimate of drug-likeness (QED) is 0.166. The molecule has 4 amide bonds. The average molecular weight is 627 g/mol. The van der Waals surface area contributed by atoms with Gasteiger partial charge in [-0.3, -0.25) is 14.9 Å². The zero-order valence-corrected chi connectivity index (χ0v) is 24.5. The summed E-state index contributed by atoms with van der Waals surface area (Å²) in [5.41, 5.74) is 3.65. The van der Waals surface area contributed by atoms with E-state index in [1.807, 2.05) is 55.5 Å². The zero-order valence-electron chi connectivity index (χ0n) is 22.9. The molecule has 4 aromatic carbocycles. The molecule has 0 aromatic heterocycles. The molecule has 0 saturated carbocycles. The highest BCUT2D eigenvalue weighted by Crippen LogP contribution is 2.30. The molecule has 1 saturated heterocycles. The lowest BCUT2D eigenvalue weighted by Crippen LogP contribution is -2.54. The van der Waals surface area contributed by atoms with Crippen molar-refractivity contribution in [2.45, 2.75) is 20.1 Å². The number of nitrogens with one attached hydrogen (secondary N) is 1. The van der Waals surface area contributed by atoms with Crippen molar-refractivity contribution >= 4 is 45.5 Å². The number of carbonyl (C=O) groups is 3. The summed E-state index contributed by atoms with van der Waals surface area (Å²) in [5, 5.41) is 2.26. The molecular weight excluding hydrogens is 600 g/mol. The molecular formula is C33H27BrN2O6. The van der Waals surface area contributed by atoms with E-state index in [0.29, 0.717) is 35.1 Å². The van der Waals surface area contributed by atoms with Crippen molar-refractivity contribution in [2.75, 3.05) is 12.0 Å². The van der Waals surface area contributed by atoms with Gasteiger partial charge in [0, 0.05) is 16.1 Å². The molecule has 8 nitrogen and oxygen atoms in total. The molecule has 212 valence electrons. The van der Waals surface area contributed by atoms with E-state index < -0.39 is 17.8 Å². The summed E-state index contributed by atoms with van der Waals surface area (Å²) in [6.45, 7) is 2.64. The first-order valence-electron chi connectivity index (χ1n) is 13.1. The molecule has 5 rings (SSSR count). The first-order valence-corrected chi connectivity index (χ1v) is 13.8. The maximum Gasteiger partial charge on any atom is 0.335 e. The number of hydrogen-bond donors (Lipinski definition) is 1. The summed E-state index contributed by atoms with van der Waals surface area (Å²) in [6, 6.07) is 26.4. The number of anilines is 1. The van der Waals surface area contributed by atoms with E-state index in [4.69, 9.17) is 14.2 Å². The Morgan fingerprint density at radius 1 is 0.786 bits per heavy atom. The van der Waals surface area contributed by atoms with Gasteiger partial charge in [-0.1, -0.05) is 57.9 Å². The van der Waals surface area contributed by atoms with Crippen LogP contribution in [-0.4, -0.2) is 25.0 Å². The van der Waals surface area contributed by atoms with E-state index in [0.717, 1.165) is 26.1 Å². The number of nitrogens with zero attached hydrogens (tertiary/aromatic N) is 1. The molecule has 1 heterocycles. The first kappa shape index (κ1) is 28.6. The second-order valence-corrected chi connectivity index (χ2v) is 10.5. The molecule has 9 heteroatoms. The lowest BCUT2D eigenvalue weighted by Gasteiger charge is -2.26. The lowest BCUT2D eigenvalue weighted by atomic mass is 10.1. The minimum atomic E-state index is -0.836. The SMILES string of the molecule is COc1ccc(/C=C2\C(=O)NC(=O)N(c3ccc(OCc4ccc(C)cc4)cc3)C2=O)c(OCc2ccc(Br)cc2)c1. The Morgan fingerprint density at radius 3 is 2.07 bits per heavy atom. The number of hydrogen-bond acceptors (Lipinski definition) is 6. The van der Waals surface area contributed by atoms with Gasteiger partial charge in [-0.2, -0.15) is 0 Å². The van der Waals surface area contributed by atoms with Crippen LogP contribution < -0.4 is 24.4 Å². The Hall–Kier alpha value is -4.89. The highest BCUT2D eigenvalue weighted by Gasteiger charge is 2.37. The molecule has 0 spiro atoms. The van der Waals surface area contributed by atoms with E-state index in [1.165, 1.54) is 13.2 Å². The van der Waals surface area contributed by atoms with Crippen molar-refractivity contribution < 1.29 is 28.6 Å². The molecule has 0 atom stereocenters. The fourth-order valence-electron chi connectivity index (χ4n) is 4.22. The van der Waals surface area contributed by atoms with Gasteiger partial charge in [-0.05, 0) is 72.7 Å². The van der Waals surface area contributed by atoms with E-state index in [1.54, 1.807) is 42.5 Å². The van der Waals surface area contributed by atoms with Gasteiger partial charge in [0.2, 0.25) is 0 Å². The van der Waals surface area contributed by atoms with Crippen LogP contribution in [0.25, 0.3) is 6.08 Å². The standard InChI is InChI=1S/C33H27BrN2O6/c1-21-3-5-22(6-4-21)19-41-27-15-12-26(13-16-27)36-32(38)29(31(37)35-33(36)39)17-24-9-14-28(40-2)18-30(24)42-20-23-7-10-25(34)11-8-23/h3-18H,19-20H2,1-2H3,(H,35,37,39)/b29-17+. The predicted octanol–water partition coefficient (Wildman–Crippen LogP) is 6.59. The molecule has 1 aliphatic rings. The summed E-state index contributed by atoms with van der Waals surface area (Å²) in [7, 11) is 1.53. The highest BCUT2D eigenvalue weighted by atomic mass is 79.9. The van der Waals surface area contributed by atoms with E-state index in [9.17, 15) is 14.4 Å². The van der Waals surface area contributed by atoms with Crippen LogP contribution in [0.3, 0.4) is 0 Å². The third kappa shape index (κ3) is 6.70.